The summed E-state index contributed by atoms with van der Waals surface area (Å²) < 4.78 is 38.9. The van der Waals surface area contributed by atoms with Gasteiger partial charge in [0, 0.05) is 13.0 Å². The van der Waals surface area contributed by atoms with E-state index in [0.29, 0.717) is 18.5 Å². The monoisotopic (exact) mass is 360 g/mol. The van der Waals surface area contributed by atoms with Crippen molar-refractivity contribution in [2.45, 2.75) is 38.9 Å². The van der Waals surface area contributed by atoms with Crippen molar-refractivity contribution in [3.8, 4) is 11.5 Å². The first-order valence-corrected chi connectivity index (χ1v) is 7.73. The van der Waals surface area contributed by atoms with Crippen LogP contribution in [0.3, 0.4) is 0 Å². The van der Waals surface area contributed by atoms with Crippen LogP contribution in [0.1, 0.15) is 31.2 Å². The number of hydrogen-bond acceptors (Lipinski definition) is 5. The summed E-state index contributed by atoms with van der Waals surface area (Å²) in [5.41, 5.74) is 5.52. The Morgan fingerprint density at radius 2 is 1.96 bits per heavy atom. The molecule has 25 heavy (non-hydrogen) atoms. The molecule has 0 saturated carbocycles. The highest BCUT2D eigenvalue weighted by Gasteiger charge is 2.12. The molecule has 0 atom stereocenters. The Kier molecular flexibility index (Phi) is 9.05. The summed E-state index contributed by atoms with van der Waals surface area (Å²) in [6.07, 6.45) is 2.35. The molecule has 9 heteroatoms. The number of rotatable bonds is 11. The minimum Gasteiger partial charge on any atom is -0.493 e. The van der Waals surface area contributed by atoms with Crippen LogP contribution in [0.25, 0.3) is 0 Å². The Balaban J connectivity index is 2.32. The molecule has 0 fully saturated rings. The quantitative estimate of drug-likeness (QED) is 0.467. The third kappa shape index (κ3) is 8.73. The summed E-state index contributed by atoms with van der Waals surface area (Å²) in [4.78, 5) is 22.1. The zero-order chi connectivity index (χ0) is 18.7. The van der Waals surface area contributed by atoms with Gasteiger partial charge in [-0.2, -0.15) is 8.78 Å². The van der Waals surface area contributed by atoms with Gasteiger partial charge in [0.2, 0.25) is 0 Å². The molecule has 2 amide bonds. The normalized spacial score (nSPS) is 10.4. The smallest absolute Gasteiger partial charge is 0.387 e. The largest absolute Gasteiger partial charge is 0.493 e. The van der Waals surface area contributed by atoms with Crippen LogP contribution in [0.15, 0.2) is 18.2 Å². The molecule has 0 unspecified atom stereocenters. The molecule has 0 radical (unpaired) electrons. The minimum atomic E-state index is -2.95. The summed E-state index contributed by atoms with van der Waals surface area (Å²) in [7, 11) is 1.33. The zero-order valence-corrected chi connectivity index (χ0v) is 13.9. The van der Waals surface area contributed by atoms with Crippen molar-refractivity contribution in [2.24, 2.45) is 5.73 Å². The highest BCUT2D eigenvalue weighted by molar-refractivity contribution is 5.71. The molecule has 0 saturated heterocycles. The summed E-state index contributed by atoms with van der Waals surface area (Å²) in [6, 6.07) is 3.75. The molecule has 0 aliphatic rings. The maximum atomic E-state index is 12.3. The van der Waals surface area contributed by atoms with Gasteiger partial charge < -0.3 is 25.3 Å². The molecule has 3 N–H and O–H groups in total. The highest BCUT2D eigenvalue weighted by atomic mass is 19.3. The molecule has 1 rings (SSSR count). The molecule has 1 aromatic rings. The number of amides is 2. The van der Waals surface area contributed by atoms with Crippen molar-refractivity contribution in [2.75, 3.05) is 13.7 Å². The first-order valence-electron chi connectivity index (χ1n) is 7.73. The number of carbonyl (C=O) groups is 2. The van der Waals surface area contributed by atoms with Gasteiger partial charge in [-0.1, -0.05) is 12.5 Å². The predicted molar refractivity (Wildman–Crippen MR) is 85.5 cm³/mol. The topological polar surface area (TPSA) is 99.9 Å². The number of hydrogen-bond donors (Lipinski definition) is 2. The van der Waals surface area contributed by atoms with Crippen LogP contribution in [0, 0.1) is 0 Å². The summed E-state index contributed by atoms with van der Waals surface area (Å²) >= 11 is 0. The Bertz CT molecular complexity index is 569. The van der Waals surface area contributed by atoms with Crippen molar-refractivity contribution in [3.05, 3.63) is 23.8 Å². The number of esters is 1. The van der Waals surface area contributed by atoms with Crippen molar-refractivity contribution < 1.29 is 32.6 Å². The van der Waals surface area contributed by atoms with Gasteiger partial charge in [0.05, 0.1) is 7.11 Å². The van der Waals surface area contributed by atoms with Crippen LogP contribution in [0.4, 0.5) is 13.6 Å². The van der Waals surface area contributed by atoms with Crippen LogP contribution < -0.4 is 20.5 Å². The third-order valence-corrected chi connectivity index (χ3v) is 3.20. The zero-order valence-electron chi connectivity index (χ0n) is 13.9. The van der Waals surface area contributed by atoms with Gasteiger partial charge in [-0.05, 0) is 30.5 Å². The SMILES string of the molecule is COc1cc(COC(=O)CCCCCNC(N)=O)ccc1OC(F)F. The summed E-state index contributed by atoms with van der Waals surface area (Å²) in [5, 5.41) is 2.46. The van der Waals surface area contributed by atoms with Gasteiger partial charge in [0.25, 0.3) is 0 Å². The second-order valence-corrected chi connectivity index (χ2v) is 5.13. The predicted octanol–water partition coefficient (Wildman–Crippen LogP) is 2.57. The molecule has 7 nitrogen and oxygen atoms in total. The van der Waals surface area contributed by atoms with Gasteiger partial charge in [-0.25, -0.2) is 4.79 Å². The lowest BCUT2D eigenvalue weighted by molar-refractivity contribution is -0.145. The van der Waals surface area contributed by atoms with Crippen molar-refractivity contribution in [3.63, 3.8) is 0 Å². The van der Waals surface area contributed by atoms with Crippen molar-refractivity contribution in [1.29, 1.82) is 0 Å². The number of nitrogens with two attached hydrogens (primary N) is 1. The molecule has 1 aromatic carbocycles. The van der Waals surface area contributed by atoms with E-state index in [1.807, 2.05) is 0 Å². The lowest BCUT2D eigenvalue weighted by Crippen LogP contribution is -2.29. The number of benzene rings is 1. The molecular formula is C16H22F2N2O5. The van der Waals surface area contributed by atoms with Gasteiger partial charge in [-0.3, -0.25) is 4.79 Å². The Hall–Kier alpha value is -2.58. The number of primary amides is 1. The summed E-state index contributed by atoms with van der Waals surface area (Å²) in [5.74, 6) is -0.317. The van der Waals surface area contributed by atoms with E-state index >= 15 is 0 Å². The van der Waals surface area contributed by atoms with Gasteiger partial charge >= 0.3 is 18.6 Å². The highest BCUT2D eigenvalue weighted by Crippen LogP contribution is 2.29. The molecule has 0 aromatic heterocycles. The van der Waals surface area contributed by atoms with E-state index in [2.05, 4.69) is 10.1 Å². The van der Waals surface area contributed by atoms with E-state index < -0.39 is 12.6 Å². The van der Waals surface area contributed by atoms with Crippen LogP contribution in [-0.2, 0) is 16.1 Å². The number of carbonyl (C=O) groups excluding carboxylic acids is 2. The molecule has 0 spiro atoms. The third-order valence-electron chi connectivity index (χ3n) is 3.20. The molecule has 140 valence electrons. The van der Waals surface area contributed by atoms with E-state index in [-0.39, 0.29) is 30.5 Å². The Labute approximate surface area is 144 Å². The average molecular weight is 360 g/mol. The average Bonchev–Trinajstić information content (AvgIpc) is 2.56. The van der Waals surface area contributed by atoms with E-state index in [1.54, 1.807) is 0 Å². The lowest BCUT2D eigenvalue weighted by atomic mass is 10.2. The van der Waals surface area contributed by atoms with E-state index in [1.165, 1.54) is 25.3 Å². The molecule has 0 aliphatic heterocycles. The number of methoxy groups -OCH3 is 1. The van der Waals surface area contributed by atoms with Crippen LogP contribution in [-0.4, -0.2) is 32.3 Å². The van der Waals surface area contributed by atoms with Gasteiger partial charge in [0.15, 0.2) is 11.5 Å². The number of nitrogens with one attached hydrogen (secondary N) is 1. The minimum absolute atomic E-state index is 0.00732. The standard InChI is InChI=1S/C16H22F2N2O5/c1-23-13-9-11(6-7-12(13)25-15(17)18)10-24-14(21)5-3-2-4-8-20-16(19)22/h6-7,9,15H,2-5,8,10H2,1H3,(H3,19,20,22). The van der Waals surface area contributed by atoms with Crippen LogP contribution in [0.2, 0.25) is 0 Å². The number of urea groups is 1. The Morgan fingerprint density at radius 1 is 1.20 bits per heavy atom. The summed E-state index contributed by atoms with van der Waals surface area (Å²) in [6.45, 7) is -2.47. The Morgan fingerprint density at radius 3 is 2.60 bits per heavy atom. The van der Waals surface area contributed by atoms with Crippen molar-refractivity contribution in [1.82, 2.24) is 5.32 Å². The van der Waals surface area contributed by atoms with Gasteiger partial charge in [0.1, 0.15) is 6.61 Å². The fraction of sp³-hybridized carbons (Fsp3) is 0.500. The molecule has 0 aliphatic carbocycles. The van der Waals surface area contributed by atoms with Crippen LogP contribution in [0.5, 0.6) is 11.5 Å². The second kappa shape index (κ2) is 11.1. The maximum Gasteiger partial charge on any atom is 0.387 e. The molecule has 0 bridgehead atoms. The fourth-order valence-electron chi connectivity index (χ4n) is 2.01. The number of alkyl halides is 2. The molecule has 0 heterocycles. The van der Waals surface area contributed by atoms with E-state index in [0.717, 1.165) is 12.8 Å². The van der Waals surface area contributed by atoms with E-state index in [4.69, 9.17) is 15.2 Å². The fourth-order valence-corrected chi connectivity index (χ4v) is 2.01. The van der Waals surface area contributed by atoms with Gasteiger partial charge in [-0.15, -0.1) is 0 Å². The number of unbranched alkanes of at least 4 members (excludes halogenated alkanes) is 2. The first-order chi connectivity index (χ1) is 11.9. The molecular weight excluding hydrogens is 338 g/mol. The number of halogens is 2. The van der Waals surface area contributed by atoms with E-state index in [9.17, 15) is 18.4 Å². The number of ether oxygens (including phenoxy) is 3. The lowest BCUT2D eigenvalue weighted by Gasteiger charge is -2.11. The van der Waals surface area contributed by atoms with Crippen LogP contribution >= 0.6 is 0 Å². The maximum absolute atomic E-state index is 12.3. The second-order valence-electron chi connectivity index (χ2n) is 5.13. The van der Waals surface area contributed by atoms with Crippen molar-refractivity contribution >= 4 is 12.0 Å². The first kappa shape index (κ1) is 20.5.